The Bertz CT molecular complexity index is 2660. The first-order chi connectivity index (χ1) is 25.2. The lowest BCUT2D eigenvalue weighted by atomic mass is 9.98. The van der Waals surface area contributed by atoms with Gasteiger partial charge in [0.05, 0.1) is 29.2 Å². The van der Waals surface area contributed by atoms with Crippen LogP contribution in [0.5, 0.6) is 0 Å². The average molecular weight is 652 g/mol. The molecule has 0 N–H and O–H groups in total. The van der Waals surface area contributed by atoms with Gasteiger partial charge in [0.2, 0.25) is 5.69 Å². The molecular weight excluding hydrogens is 623 g/mol. The molecule has 3 heterocycles. The molecule has 3 aromatic heterocycles. The molecule has 0 aliphatic heterocycles. The fourth-order valence-electron chi connectivity index (χ4n) is 6.72. The third-order valence-corrected chi connectivity index (χ3v) is 9.26. The molecular formula is C46H29N5. The first-order valence-electron chi connectivity index (χ1n) is 16.8. The lowest BCUT2D eigenvalue weighted by molar-refractivity contribution is 0.979. The molecule has 5 nitrogen and oxygen atoms in total. The minimum Gasteiger partial charge on any atom is -0.243 e. The molecule has 5 heteroatoms. The summed E-state index contributed by atoms with van der Waals surface area (Å²) in [6.45, 7) is 8.24. The van der Waals surface area contributed by atoms with Crippen LogP contribution < -0.4 is 0 Å². The Morgan fingerprint density at radius 1 is 0.451 bits per heavy atom. The molecule has 0 fully saturated rings. The zero-order chi connectivity index (χ0) is 34.1. The second-order valence-electron chi connectivity index (χ2n) is 12.4. The van der Waals surface area contributed by atoms with Crippen molar-refractivity contribution in [1.82, 2.24) is 19.6 Å². The summed E-state index contributed by atoms with van der Waals surface area (Å²) in [6, 6.07) is 59.8. The van der Waals surface area contributed by atoms with Gasteiger partial charge in [-0.1, -0.05) is 158 Å². The number of rotatable bonds is 6. The molecule has 0 saturated heterocycles. The maximum atomic E-state index is 8.24. The molecule has 0 radical (unpaired) electrons. The van der Waals surface area contributed by atoms with E-state index in [2.05, 4.69) is 83.7 Å². The zero-order valence-electron chi connectivity index (χ0n) is 27.5. The molecule has 6 aromatic carbocycles. The van der Waals surface area contributed by atoms with E-state index in [0.717, 1.165) is 72.3 Å². The third kappa shape index (κ3) is 5.51. The standard InChI is InChI=1S/C46H29N5/c1-47-44-43(35-18-10-4-11-19-35)50-51-42(34-16-8-3-9-17-34)29-38-28-37(26-27-39(38)45(44)51)31-22-24-33(25-23-31)41-30-40(32-14-6-2-7-15-32)48-46(49-41)36-20-12-5-13-21-36/h2-30H. The van der Waals surface area contributed by atoms with Gasteiger partial charge in [-0.25, -0.2) is 19.3 Å². The summed E-state index contributed by atoms with van der Waals surface area (Å²) in [4.78, 5) is 14.0. The predicted molar refractivity (Wildman–Crippen MR) is 207 cm³/mol. The second-order valence-corrected chi connectivity index (χ2v) is 12.4. The number of nitrogens with zero attached hydrogens (tertiary/aromatic N) is 5. The fraction of sp³-hybridized carbons (Fsp3) is 0. The molecule has 0 atom stereocenters. The van der Waals surface area contributed by atoms with E-state index in [1.165, 1.54) is 0 Å². The van der Waals surface area contributed by atoms with Gasteiger partial charge in [-0.05, 0) is 45.7 Å². The van der Waals surface area contributed by atoms with E-state index in [4.69, 9.17) is 21.6 Å². The van der Waals surface area contributed by atoms with Crippen molar-refractivity contribution in [1.29, 1.82) is 0 Å². The lowest BCUT2D eigenvalue weighted by Gasteiger charge is -2.12. The Morgan fingerprint density at radius 3 is 1.57 bits per heavy atom. The van der Waals surface area contributed by atoms with Crippen molar-refractivity contribution < 1.29 is 0 Å². The summed E-state index contributed by atoms with van der Waals surface area (Å²) in [7, 11) is 0. The van der Waals surface area contributed by atoms with Crippen molar-refractivity contribution in [3.63, 3.8) is 0 Å². The van der Waals surface area contributed by atoms with Crippen molar-refractivity contribution in [2.45, 2.75) is 0 Å². The van der Waals surface area contributed by atoms with Crippen molar-refractivity contribution in [3.8, 4) is 67.5 Å². The molecule has 9 rings (SSSR count). The van der Waals surface area contributed by atoms with E-state index in [0.29, 0.717) is 17.2 Å². The van der Waals surface area contributed by atoms with Gasteiger partial charge < -0.3 is 0 Å². The van der Waals surface area contributed by atoms with Crippen molar-refractivity contribution in [2.24, 2.45) is 0 Å². The van der Waals surface area contributed by atoms with Crippen molar-refractivity contribution in [2.75, 3.05) is 0 Å². The largest absolute Gasteiger partial charge is 0.243 e. The summed E-state index contributed by atoms with van der Waals surface area (Å²) >= 11 is 0. The van der Waals surface area contributed by atoms with Crippen LogP contribution in [0.15, 0.2) is 176 Å². The second kappa shape index (κ2) is 12.7. The summed E-state index contributed by atoms with van der Waals surface area (Å²) in [5.41, 5.74) is 11.9. The quantitative estimate of drug-likeness (QED) is 0.168. The minimum absolute atomic E-state index is 0.552. The fourth-order valence-corrected chi connectivity index (χ4v) is 6.72. The third-order valence-electron chi connectivity index (χ3n) is 9.26. The van der Waals surface area contributed by atoms with Crippen LogP contribution >= 0.6 is 0 Å². The Hall–Kier alpha value is -7.16. The highest BCUT2D eigenvalue weighted by molar-refractivity contribution is 6.08. The Kier molecular flexibility index (Phi) is 7.46. The van der Waals surface area contributed by atoms with Gasteiger partial charge in [0.25, 0.3) is 0 Å². The SMILES string of the molecule is [C-]#[N+]c1c(-c2ccccc2)nn2c(-c3ccccc3)cc3cc(-c4ccc(-c5cc(-c6ccccc6)nc(-c6ccccc6)n5)cc4)ccc3c12. The van der Waals surface area contributed by atoms with Gasteiger partial charge in [-0.15, -0.1) is 0 Å². The summed E-state index contributed by atoms with van der Waals surface area (Å²) in [5.74, 6) is 0.695. The van der Waals surface area contributed by atoms with Crippen molar-refractivity contribution in [3.05, 3.63) is 187 Å². The Labute approximate surface area is 295 Å². The number of fused-ring (bicyclic) bond motifs is 3. The molecule has 0 aliphatic rings. The van der Waals surface area contributed by atoms with Crippen LogP contribution in [0.25, 0.3) is 88.7 Å². The van der Waals surface area contributed by atoms with E-state index < -0.39 is 0 Å². The molecule has 0 saturated carbocycles. The maximum absolute atomic E-state index is 8.24. The topological polar surface area (TPSA) is 47.4 Å². The number of hydrogen-bond acceptors (Lipinski definition) is 3. The van der Waals surface area contributed by atoms with Gasteiger partial charge in [-0.3, -0.25) is 0 Å². The molecule has 0 aliphatic carbocycles. The number of pyridine rings is 1. The van der Waals surface area contributed by atoms with Crippen LogP contribution in [0.2, 0.25) is 0 Å². The van der Waals surface area contributed by atoms with E-state index in [1.807, 2.05) is 102 Å². The molecule has 0 unspecified atom stereocenters. The highest BCUT2D eigenvalue weighted by atomic mass is 15.2. The molecule has 0 spiro atoms. The maximum Gasteiger partial charge on any atom is 0.240 e. The number of aromatic nitrogens is 4. The van der Waals surface area contributed by atoms with Gasteiger partial charge in [0.1, 0.15) is 5.69 Å². The molecule has 51 heavy (non-hydrogen) atoms. The zero-order valence-corrected chi connectivity index (χ0v) is 27.5. The molecule has 238 valence electrons. The Balaban J connectivity index is 1.16. The van der Waals surface area contributed by atoms with Crippen LogP contribution in [-0.4, -0.2) is 19.6 Å². The molecule has 0 bridgehead atoms. The van der Waals surface area contributed by atoms with Gasteiger partial charge >= 0.3 is 0 Å². The highest BCUT2D eigenvalue weighted by Gasteiger charge is 2.20. The number of benzene rings is 6. The summed E-state index contributed by atoms with van der Waals surface area (Å²) in [6.07, 6.45) is 0. The van der Waals surface area contributed by atoms with Crippen molar-refractivity contribution >= 4 is 22.0 Å². The normalized spacial score (nSPS) is 11.1. The van der Waals surface area contributed by atoms with Crippen LogP contribution in [-0.2, 0) is 0 Å². The van der Waals surface area contributed by atoms with E-state index in [-0.39, 0.29) is 0 Å². The van der Waals surface area contributed by atoms with Crippen LogP contribution in [0.4, 0.5) is 5.69 Å². The van der Waals surface area contributed by atoms with E-state index in [1.54, 1.807) is 0 Å². The Morgan fingerprint density at radius 2 is 0.961 bits per heavy atom. The van der Waals surface area contributed by atoms with E-state index in [9.17, 15) is 0 Å². The first kappa shape index (κ1) is 29.9. The van der Waals surface area contributed by atoms with Gasteiger partial charge in [-0.2, -0.15) is 5.10 Å². The van der Waals surface area contributed by atoms with Crippen LogP contribution in [0, 0.1) is 6.57 Å². The monoisotopic (exact) mass is 651 g/mol. The van der Waals surface area contributed by atoms with Crippen LogP contribution in [0.3, 0.4) is 0 Å². The first-order valence-corrected chi connectivity index (χ1v) is 16.8. The van der Waals surface area contributed by atoms with E-state index >= 15 is 0 Å². The lowest BCUT2D eigenvalue weighted by Crippen LogP contribution is -1.96. The minimum atomic E-state index is 0.552. The van der Waals surface area contributed by atoms with Gasteiger partial charge in [0, 0.05) is 22.3 Å². The molecule has 9 aromatic rings. The summed E-state index contributed by atoms with van der Waals surface area (Å²) in [5, 5.41) is 7.07. The summed E-state index contributed by atoms with van der Waals surface area (Å²) < 4.78 is 1.94. The highest BCUT2D eigenvalue weighted by Crippen LogP contribution is 2.41. The molecule has 0 amide bonds. The van der Waals surface area contributed by atoms with Gasteiger partial charge in [0.15, 0.2) is 5.82 Å². The smallest absolute Gasteiger partial charge is 0.240 e. The van der Waals surface area contributed by atoms with Crippen LogP contribution in [0.1, 0.15) is 0 Å². The number of hydrogen-bond donors (Lipinski definition) is 0. The average Bonchev–Trinajstić information content (AvgIpc) is 3.62. The predicted octanol–water partition coefficient (Wildman–Crippen LogP) is 11.8.